The van der Waals surface area contributed by atoms with Crippen molar-refractivity contribution in [1.29, 1.82) is 0 Å². The molecule has 0 aromatic rings. The maximum Gasteiger partial charge on any atom is 0.305 e. The predicted octanol–water partition coefficient (Wildman–Crippen LogP) is 21.1. The average Bonchev–Trinajstić information content (AvgIpc) is 3.40. The number of allylic oxidation sites excluding steroid dienone is 5. The molecule has 0 radical (unpaired) electrons. The molecule has 0 aromatic heterocycles. The summed E-state index contributed by atoms with van der Waals surface area (Å²) in [6.07, 6.45) is 80.5. The lowest BCUT2D eigenvalue weighted by Crippen LogP contribution is -2.45. The molecule has 2 atom stereocenters. The van der Waals surface area contributed by atoms with E-state index in [1.54, 1.807) is 6.08 Å². The number of esters is 1. The minimum Gasteiger partial charge on any atom is -0.466 e. The van der Waals surface area contributed by atoms with Crippen LogP contribution in [0, 0.1) is 0 Å². The van der Waals surface area contributed by atoms with Gasteiger partial charge in [0.15, 0.2) is 0 Å². The van der Waals surface area contributed by atoms with E-state index in [1.165, 1.54) is 283 Å². The van der Waals surface area contributed by atoms with Crippen LogP contribution in [-0.4, -0.2) is 47.4 Å². The van der Waals surface area contributed by atoms with Gasteiger partial charge in [-0.3, -0.25) is 9.59 Å². The molecular formula is C68H129NO5. The van der Waals surface area contributed by atoms with Gasteiger partial charge in [-0.25, -0.2) is 0 Å². The van der Waals surface area contributed by atoms with E-state index in [-0.39, 0.29) is 18.5 Å². The van der Waals surface area contributed by atoms with Gasteiger partial charge in [0.25, 0.3) is 0 Å². The van der Waals surface area contributed by atoms with Gasteiger partial charge in [-0.2, -0.15) is 0 Å². The van der Waals surface area contributed by atoms with Crippen LogP contribution >= 0.6 is 0 Å². The van der Waals surface area contributed by atoms with Gasteiger partial charge in [-0.15, -0.1) is 0 Å². The lowest BCUT2D eigenvalue weighted by Gasteiger charge is -2.20. The molecule has 0 aromatic carbocycles. The molecule has 3 N–H and O–H groups in total. The monoisotopic (exact) mass is 1040 g/mol. The van der Waals surface area contributed by atoms with Gasteiger partial charge in [-0.05, 0) is 83.5 Å². The van der Waals surface area contributed by atoms with Crippen molar-refractivity contribution in [2.45, 2.75) is 373 Å². The molecule has 0 aliphatic rings. The van der Waals surface area contributed by atoms with Crippen molar-refractivity contribution >= 4 is 11.9 Å². The van der Waals surface area contributed by atoms with Crippen molar-refractivity contribution in [3.05, 3.63) is 36.5 Å². The van der Waals surface area contributed by atoms with Crippen molar-refractivity contribution in [3.63, 3.8) is 0 Å². The third-order valence-corrected chi connectivity index (χ3v) is 15.4. The SMILES string of the molecule is CCCCCCCC/C=C\CCCCCCCCCC(=O)OCCCCCCCCCCC/C=C\CCCCCCCCCC(=O)NC(CO)C(O)/C=C/CCCCCCCCCCCCCCCCCCCC. The summed E-state index contributed by atoms with van der Waals surface area (Å²) in [6.45, 7) is 4.91. The number of hydrogen-bond acceptors (Lipinski definition) is 5. The third-order valence-electron chi connectivity index (χ3n) is 15.4. The molecule has 74 heavy (non-hydrogen) atoms. The van der Waals surface area contributed by atoms with Crippen molar-refractivity contribution in [1.82, 2.24) is 5.32 Å². The predicted molar refractivity (Wildman–Crippen MR) is 324 cm³/mol. The van der Waals surface area contributed by atoms with E-state index in [0.29, 0.717) is 19.4 Å². The number of carbonyl (C=O) groups is 2. The molecule has 0 spiro atoms. The van der Waals surface area contributed by atoms with E-state index >= 15 is 0 Å². The first-order chi connectivity index (χ1) is 36.5. The number of aliphatic hydroxyl groups excluding tert-OH is 2. The van der Waals surface area contributed by atoms with Crippen molar-refractivity contribution in [3.8, 4) is 0 Å². The maximum absolute atomic E-state index is 12.5. The van der Waals surface area contributed by atoms with Crippen LogP contribution in [0.2, 0.25) is 0 Å². The van der Waals surface area contributed by atoms with E-state index in [4.69, 9.17) is 4.74 Å². The second-order valence-corrected chi connectivity index (χ2v) is 22.8. The Bertz CT molecular complexity index is 1200. The molecule has 0 rings (SSSR count). The zero-order chi connectivity index (χ0) is 53.6. The molecule has 436 valence electrons. The van der Waals surface area contributed by atoms with E-state index < -0.39 is 12.1 Å². The first-order valence-electron chi connectivity index (χ1n) is 33.3. The maximum atomic E-state index is 12.5. The molecule has 6 heteroatoms. The Morgan fingerprint density at radius 3 is 0.959 bits per heavy atom. The Hall–Kier alpha value is -1.92. The Balaban J connectivity index is 3.45. The molecule has 0 aliphatic heterocycles. The Labute approximate surface area is 462 Å². The highest BCUT2D eigenvalue weighted by Crippen LogP contribution is 2.17. The molecule has 2 unspecified atom stereocenters. The molecule has 1 amide bonds. The summed E-state index contributed by atoms with van der Waals surface area (Å²) < 4.78 is 5.49. The fraction of sp³-hybridized carbons (Fsp3) is 0.882. The van der Waals surface area contributed by atoms with E-state index in [0.717, 1.165) is 51.4 Å². The van der Waals surface area contributed by atoms with Gasteiger partial charge in [-0.1, -0.05) is 301 Å². The minimum absolute atomic E-state index is 0.00262. The fourth-order valence-electron chi connectivity index (χ4n) is 10.3. The number of amides is 1. The Morgan fingerprint density at radius 2 is 0.635 bits per heavy atom. The van der Waals surface area contributed by atoms with E-state index in [1.807, 2.05) is 6.08 Å². The fourth-order valence-corrected chi connectivity index (χ4v) is 10.3. The molecule has 0 bridgehead atoms. The quantitative estimate of drug-likeness (QED) is 0.0320. The van der Waals surface area contributed by atoms with Crippen LogP contribution in [0.25, 0.3) is 0 Å². The van der Waals surface area contributed by atoms with Crippen LogP contribution in [0.1, 0.15) is 361 Å². The summed E-state index contributed by atoms with van der Waals surface area (Å²) in [6, 6.07) is -0.636. The lowest BCUT2D eigenvalue weighted by molar-refractivity contribution is -0.143. The molecule has 0 saturated heterocycles. The van der Waals surface area contributed by atoms with E-state index in [9.17, 15) is 19.8 Å². The first-order valence-corrected chi connectivity index (χ1v) is 33.3. The van der Waals surface area contributed by atoms with Gasteiger partial charge < -0.3 is 20.3 Å². The van der Waals surface area contributed by atoms with Gasteiger partial charge in [0.05, 0.1) is 25.4 Å². The molecule has 0 aliphatic carbocycles. The Morgan fingerprint density at radius 1 is 0.365 bits per heavy atom. The zero-order valence-corrected chi connectivity index (χ0v) is 49.8. The third kappa shape index (κ3) is 59.3. The summed E-state index contributed by atoms with van der Waals surface area (Å²) in [5, 5.41) is 23.2. The van der Waals surface area contributed by atoms with Crippen molar-refractivity contribution in [2.75, 3.05) is 13.2 Å². The second kappa shape index (κ2) is 63.6. The largest absolute Gasteiger partial charge is 0.466 e. The highest BCUT2D eigenvalue weighted by molar-refractivity contribution is 5.76. The smallest absolute Gasteiger partial charge is 0.305 e. The summed E-state index contributed by atoms with van der Waals surface area (Å²) in [5.74, 6) is -0.0713. The number of nitrogens with one attached hydrogen (secondary N) is 1. The highest BCUT2D eigenvalue weighted by atomic mass is 16.5. The van der Waals surface area contributed by atoms with Crippen LogP contribution in [0.15, 0.2) is 36.5 Å². The lowest BCUT2D eigenvalue weighted by atomic mass is 10.0. The summed E-state index contributed by atoms with van der Waals surface area (Å²) in [5.41, 5.74) is 0. The number of unbranched alkanes of at least 4 members (excludes halogenated alkanes) is 47. The van der Waals surface area contributed by atoms with Crippen LogP contribution in [0.3, 0.4) is 0 Å². The summed E-state index contributed by atoms with van der Waals surface area (Å²) >= 11 is 0. The van der Waals surface area contributed by atoms with Crippen molar-refractivity contribution < 1.29 is 24.5 Å². The van der Waals surface area contributed by atoms with Crippen LogP contribution in [0.5, 0.6) is 0 Å². The van der Waals surface area contributed by atoms with Crippen molar-refractivity contribution in [2.24, 2.45) is 0 Å². The second-order valence-electron chi connectivity index (χ2n) is 22.8. The number of hydrogen-bond donors (Lipinski definition) is 3. The topological polar surface area (TPSA) is 95.9 Å². The molecule has 6 nitrogen and oxygen atoms in total. The average molecular weight is 1040 g/mol. The minimum atomic E-state index is -0.851. The zero-order valence-electron chi connectivity index (χ0n) is 49.8. The summed E-state index contributed by atoms with van der Waals surface area (Å²) in [4.78, 5) is 24.6. The van der Waals surface area contributed by atoms with Gasteiger partial charge in [0, 0.05) is 12.8 Å². The number of carbonyl (C=O) groups excluding carboxylic acids is 2. The van der Waals surface area contributed by atoms with Gasteiger partial charge >= 0.3 is 5.97 Å². The number of aliphatic hydroxyl groups is 2. The molecular weight excluding hydrogens is 911 g/mol. The van der Waals surface area contributed by atoms with Crippen LogP contribution in [-0.2, 0) is 14.3 Å². The van der Waals surface area contributed by atoms with Gasteiger partial charge in [0.2, 0.25) is 5.91 Å². The molecule has 0 fully saturated rings. The van der Waals surface area contributed by atoms with Crippen LogP contribution in [0.4, 0.5) is 0 Å². The van der Waals surface area contributed by atoms with Crippen LogP contribution < -0.4 is 5.32 Å². The number of rotatable bonds is 62. The highest BCUT2D eigenvalue weighted by Gasteiger charge is 2.18. The Kier molecular flexibility index (Phi) is 62.0. The normalized spacial score (nSPS) is 12.8. The molecule has 0 saturated carbocycles. The number of ether oxygens (including phenoxy) is 1. The van der Waals surface area contributed by atoms with Gasteiger partial charge in [0.1, 0.15) is 0 Å². The summed E-state index contributed by atoms with van der Waals surface area (Å²) in [7, 11) is 0. The molecule has 0 heterocycles. The standard InChI is InChI=1S/C68H129NO5/c1-3-5-7-9-11-13-15-17-19-21-22-25-29-32-36-40-44-48-52-56-60-66(71)65(64-70)69-67(72)61-57-53-49-45-41-37-33-30-26-23-24-27-31-35-39-43-47-51-55-59-63-74-68(73)62-58-54-50-46-42-38-34-28-20-18-16-14-12-10-8-6-4-2/h18,20,23,26,56,60,65-66,70-71H,3-17,19,21-22,24-25,27-55,57-59,61-64H2,1-2H3,(H,69,72)/b20-18-,26-23-,60-56+. The first kappa shape index (κ1) is 72.1. The van der Waals surface area contributed by atoms with E-state index in [2.05, 4.69) is 43.5 Å².